The molecule has 0 aliphatic heterocycles. The van der Waals surface area contributed by atoms with E-state index in [0.717, 1.165) is 31.2 Å². The molecule has 0 bridgehead atoms. The van der Waals surface area contributed by atoms with Crippen LogP contribution in [0.4, 0.5) is 22.1 Å². The molecule has 1 aliphatic rings. The lowest BCUT2D eigenvalue weighted by Gasteiger charge is -2.32. The Hall–Kier alpha value is -4.06. The first-order valence-electron chi connectivity index (χ1n) is 10.1. The molecule has 0 unspecified atom stereocenters. The van der Waals surface area contributed by atoms with Gasteiger partial charge >= 0.3 is 6.09 Å². The van der Waals surface area contributed by atoms with E-state index in [2.05, 4.69) is 32.2 Å². The van der Waals surface area contributed by atoms with Crippen LogP contribution in [0.5, 0.6) is 0 Å². The summed E-state index contributed by atoms with van der Waals surface area (Å²) in [6.45, 7) is 0. The summed E-state index contributed by atoms with van der Waals surface area (Å²) >= 11 is 0. The standard InChI is InChI=1S/C22H22N6O3/c23-12-20-19(26-21-11-18(28-31-21)14-6-2-1-3-7-14)10-15(13-24-20)25-16-8-4-5-9-17(16)27-22(29)30/h1-3,6-7,10-11,13,16-17,25-27H,4-5,8-9H2,(H,29,30)/t16-,17+/m1/s1. The lowest BCUT2D eigenvalue weighted by molar-refractivity contribution is 0.184. The number of aromatic nitrogens is 2. The fourth-order valence-electron chi connectivity index (χ4n) is 3.79. The average molecular weight is 418 g/mol. The molecular formula is C22H22N6O3. The van der Waals surface area contributed by atoms with Crippen LogP contribution in [0, 0.1) is 11.3 Å². The van der Waals surface area contributed by atoms with Crippen LogP contribution in [0.2, 0.25) is 0 Å². The van der Waals surface area contributed by atoms with Crippen LogP contribution in [0.3, 0.4) is 0 Å². The molecule has 31 heavy (non-hydrogen) atoms. The van der Waals surface area contributed by atoms with Gasteiger partial charge < -0.3 is 25.6 Å². The first kappa shape index (κ1) is 20.2. The number of nitrogens with one attached hydrogen (secondary N) is 3. The molecule has 1 fully saturated rings. The summed E-state index contributed by atoms with van der Waals surface area (Å²) in [7, 11) is 0. The van der Waals surface area contributed by atoms with E-state index in [1.807, 2.05) is 30.3 Å². The van der Waals surface area contributed by atoms with Crippen molar-refractivity contribution in [3.8, 4) is 17.3 Å². The highest BCUT2D eigenvalue weighted by Crippen LogP contribution is 2.28. The average Bonchev–Trinajstić information content (AvgIpc) is 3.24. The molecule has 0 saturated heterocycles. The summed E-state index contributed by atoms with van der Waals surface area (Å²) in [5.41, 5.74) is 2.97. The molecular weight excluding hydrogens is 396 g/mol. The van der Waals surface area contributed by atoms with Gasteiger partial charge in [-0.05, 0) is 18.9 Å². The van der Waals surface area contributed by atoms with Gasteiger partial charge in [0.1, 0.15) is 11.8 Å². The summed E-state index contributed by atoms with van der Waals surface area (Å²) in [6.07, 6.45) is 4.17. The lowest BCUT2D eigenvalue weighted by Crippen LogP contribution is -2.48. The summed E-state index contributed by atoms with van der Waals surface area (Å²) in [5, 5.41) is 31.6. The molecule has 0 radical (unpaired) electrons. The summed E-state index contributed by atoms with van der Waals surface area (Å²) in [4.78, 5) is 15.3. The SMILES string of the molecule is N#Cc1ncc(N[C@@H]2CCCC[C@@H]2NC(=O)O)cc1Nc1cc(-c2ccccc2)no1. The molecule has 158 valence electrons. The van der Waals surface area contributed by atoms with Gasteiger partial charge in [0.15, 0.2) is 5.69 Å². The molecule has 1 amide bonds. The normalized spacial score (nSPS) is 18.0. The van der Waals surface area contributed by atoms with E-state index in [-0.39, 0.29) is 17.8 Å². The number of rotatable bonds is 6. The van der Waals surface area contributed by atoms with E-state index in [1.54, 1.807) is 18.3 Å². The van der Waals surface area contributed by atoms with Crippen molar-refractivity contribution in [2.24, 2.45) is 0 Å². The Morgan fingerprint density at radius 2 is 1.94 bits per heavy atom. The molecule has 2 aromatic heterocycles. The van der Waals surface area contributed by atoms with Crippen molar-refractivity contribution in [3.63, 3.8) is 0 Å². The first-order chi connectivity index (χ1) is 15.1. The van der Waals surface area contributed by atoms with Crippen molar-refractivity contribution in [2.75, 3.05) is 10.6 Å². The number of nitrogens with zero attached hydrogens (tertiary/aromatic N) is 3. The number of anilines is 3. The largest absolute Gasteiger partial charge is 0.465 e. The highest BCUT2D eigenvalue weighted by atomic mass is 16.5. The van der Waals surface area contributed by atoms with Crippen molar-refractivity contribution < 1.29 is 14.4 Å². The van der Waals surface area contributed by atoms with Gasteiger partial charge in [-0.3, -0.25) is 0 Å². The van der Waals surface area contributed by atoms with Gasteiger partial charge in [-0.25, -0.2) is 9.78 Å². The van der Waals surface area contributed by atoms with Gasteiger partial charge in [0.2, 0.25) is 5.88 Å². The topological polar surface area (TPSA) is 136 Å². The maximum atomic E-state index is 11.1. The van der Waals surface area contributed by atoms with Gasteiger partial charge in [-0.15, -0.1) is 0 Å². The van der Waals surface area contributed by atoms with Gasteiger partial charge in [-0.1, -0.05) is 48.3 Å². The molecule has 1 saturated carbocycles. The highest BCUT2D eigenvalue weighted by Gasteiger charge is 2.26. The number of pyridine rings is 1. The van der Waals surface area contributed by atoms with Crippen LogP contribution < -0.4 is 16.0 Å². The highest BCUT2D eigenvalue weighted by molar-refractivity contribution is 5.69. The summed E-state index contributed by atoms with van der Waals surface area (Å²) in [6, 6.07) is 15.0. The lowest BCUT2D eigenvalue weighted by atomic mass is 9.90. The molecule has 1 aromatic carbocycles. The molecule has 9 heteroatoms. The third-order valence-electron chi connectivity index (χ3n) is 5.26. The number of benzene rings is 1. The Balaban J connectivity index is 1.52. The predicted molar refractivity (Wildman–Crippen MR) is 115 cm³/mol. The molecule has 4 rings (SSSR count). The van der Waals surface area contributed by atoms with Crippen molar-refractivity contribution >= 4 is 23.4 Å². The van der Waals surface area contributed by atoms with Crippen molar-refractivity contribution in [1.82, 2.24) is 15.5 Å². The minimum atomic E-state index is -1.03. The molecule has 1 aliphatic carbocycles. The van der Waals surface area contributed by atoms with Gasteiger partial charge in [0.25, 0.3) is 0 Å². The van der Waals surface area contributed by atoms with Crippen molar-refractivity contribution in [2.45, 2.75) is 37.8 Å². The smallest absolute Gasteiger partial charge is 0.404 e. The maximum absolute atomic E-state index is 11.1. The molecule has 2 atom stereocenters. The predicted octanol–water partition coefficient (Wildman–Crippen LogP) is 4.34. The van der Waals surface area contributed by atoms with Crippen molar-refractivity contribution in [3.05, 3.63) is 54.4 Å². The number of nitriles is 1. The van der Waals surface area contributed by atoms with E-state index in [0.29, 0.717) is 23.0 Å². The minimum absolute atomic E-state index is 0.0533. The van der Waals surface area contributed by atoms with Crippen LogP contribution in [-0.4, -0.2) is 33.4 Å². The second kappa shape index (κ2) is 9.17. The molecule has 0 spiro atoms. The van der Waals surface area contributed by atoms with Crippen LogP contribution in [-0.2, 0) is 0 Å². The zero-order valence-electron chi connectivity index (χ0n) is 16.7. The van der Waals surface area contributed by atoms with Crippen molar-refractivity contribution in [1.29, 1.82) is 5.26 Å². The van der Waals surface area contributed by atoms with E-state index in [4.69, 9.17) is 9.63 Å². The number of carbonyl (C=O) groups is 1. The third-order valence-corrected chi connectivity index (χ3v) is 5.26. The van der Waals surface area contributed by atoms with Crippen LogP contribution in [0.15, 0.2) is 53.2 Å². The van der Waals surface area contributed by atoms with Gasteiger partial charge in [-0.2, -0.15) is 5.26 Å². The number of amides is 1. The minimum Gasteiger partial charge on any atom is -0.465 e. The summed E-state index contributed by atoms with van der Waals surface area (Å²) in [5.74, 6) is 0.386. The Morgan fingerprint density at radius 3 is 2.68 bits per heavy atom. The van der Waals surface area contributed by atoms with Crippen LogP contribution in [0.1, 0.15) is 31.4 Å². The van der Waals surface area contributed by atoms with Gasteiger partial charge in [0, 0.05) is 17.7 Å². The monoisotopic (exact) mass is 418 g/mol. The molecule has 4 N–H and O–H groups in total. The third kappa shape index (κ3) is 4.93. The molecule has 2 heterocycles. The van der Waals surface area contributed by atoms with Gasteiger partial charge in [0.05, 0.1) is 23.6 Å². The Labute approximate surface area is 179 Å². The second-order valence-corrected chi connectivity index (χ2v) is 7.39. The molecule has 3 aromatic rings. The number of hydrogen-bond acceptors (Lipinski definition) is 7. The number of hydrogen-bond donors (Lipinski definition) is 4. The van der Waals surface area contributed by atoms with Crippen LogP contribution in [0.25, 0.3) is 11.3 Å². The number of carboxylic acid groups (broad SMARTS) is 1. The fraction of sp³-hybridized carbons (Fsp3) is 0.273. The van der Waals surface area contributed by atoms with E-state index >= 15 is 0 Å². The molecule has 9 nitrogen and oxygen atoms in total. The van der Waals surface area contributed by atoms with E-state index in [9.17, 15) is 10.1 Å². The maximum Gasteiger partial charge on any atom is 0.404 e. The Morgan fingerprint density at radius 1 is 1.16 bits per heavy atom. The fourth-order valence-corrected chi connectivity index (χ4v) is 3.79. The Bertz CT molecular complexity index is 1090. The zero-order valence-corrected chi connectivity index (χ0v) is 16.7. The zero-order chi connectivity index (χ0) is 21.6. The summed E-state index contributed by atoms with van der Waals surface area (Å²) < 4.78 is 5.38. The van der Waals surface area contributed by atoms with Crippen LogP contribution >= 0.6 is 0 Å². The Kier molecular flexibility index (Phi) is 5.98. The van der Waals surface area contributed by atoms with E-state index < -0.39 is 6.09 Å². The quantitative estimate of drug-likeness (QED) is 0.464. The first-order valence-corrected chi connectivity index (χ1v) is 10.1. The van der Waals surface area contributed by atoms with E-state index in [1.165, 1.54) is 0 Å². The second-order valence-electron chi connectivity index (χ2n) is 7.39.